The Morgan fingerprint density at radius 2 is 1.86 bits per heavy atom. The van der Waals surface area contributed by atoms with E-state index in [1.807, 2.05) is 30.3 Å². The summed E-state index contributed by atoms with van der Waals surface area (Å²) in [5.74, 6) is -0.235. The van der Waals surface area contributed by atoms with Crippen LogP contribution in [-0.4, -0.2) is 56.9 Å². The molecule has 1 unspecified atom stereocenters. The molecule has 0 bridgehead atoms. The number of carbonyl (C=O) groups is 2. The third-order valence-electron chi connectivity index (χ3n) is 8.93. The molecule has 0 radical (unpaired) electrons. The van der Waals surface area contributed by atoms with Gasteiger partial charge in [0.25, 0.3) is 5.91 Å². The van der Waals surface area contributed by atoms with E-state index in [9.17, 15) is 9.59 Å². The van der Waals surface area contributed by atoms with Gasteiger partial charge in [0, 0.05) is 48.0 Å². The zero-order valence-electron chi connectivity index (χ0n) is 24.4. The number of nitrogens with zero attached hydrogens (tertiary/aromatic N) is 4. The molecule has 220 valence electrons. The van der Waals surface area contributed by atoms with Gasteiger partial charge in [-0.3, -0.25) is 14.5 Å². The zero-order chi connectivity index (χ0) is 29.3. The van der Waals surface area contributed by atoms with Crippen LogP contribution >= 0.6 is 0 Å². The van der Waals surface area contributed by atoms with Crippen LogP contribution in [0.3, 0.4) is 0 Å². The highest BCUT2D eigenvalue weighted by Gasteiger charge is 2.38. The van der Waals surface area contributed by atoms with Gasteiger partial charge in [0.1, 0.15) is 11.7 Å². The van der Waals surface area contributed by atoms with Gasteiger partial charge in [0.05, 0.1) is 18.9 Å². The molecule has 0 spiro atoms. The van der Waals surface area contributed by atoms with Gasteiger partial charge < -0.3 is 19.5 Å². The lowest BCUT2D eigenvalue weighted by Crippen LogP contribution is -2.49. The Morgan fingerprint density at radius 3 is 2.67 bits per heavy atom. The summed E-state index contributed by atoms with van der Waals surface area (Å²) in [5, 5.41) is 3.99. The van der Waals surface area contributed by atoms with Gasteiger partial charge >= 0.3 is 0 Å². The molecule has 2 amide bonds. The van der Waals surface area contributed by atoms with Gasteiger partial charge in [-0.15, -0.1) is 0 Å². The number of carbonyl (C=O) groups excluding carboxylic acids is 2. The second-order valence-electron chi connectivity index (χ2n) is 11.9. The maximum atomic E-state index is 13.3. The fourth-order valence-corrected chi connectivity index (χ4v) is 6.61. The predicted octanol–water partition coefficient (Wildman–Crippen LogP) is 5.26. The van der Waals surface area contributed by atoms with Crippen LogP contribution in [0, 0.1) is 0 Å². The third kappa shape index (κ3) is 5.60. The van der Waals surface area contributed by atoms with Crippen molar-refractivity contribution in [2.24, 2.45) is 0 Å². The van der Waals surface area contributed by atoms with Gasteiger partial charge in [0.15, 0.2) is 0 Å². The van der Waals surface area contributed by atoms with Crippen molar-refractivity contribution in [1.82, 2.24) is 24.7 Å². The number of pyridine rings is 1. The molecule has 2 saturated heterocycles. The van der Waals surface area contributed by atoms with E-state index in [1.165, 1.54) is 23.8 Å². The zero-order valence-corrected chi connectivity index (χ0v) is 24.4. The quantitative estimate of drug-likeness (QED) is 0.275. The van der Waals surface area contributed by atoms with Crippen LogP contribution in [0.4, 0.5) is 0 Å². The Labute approximate surface area is 252 Å². The van der Waals surface area contributed by atoms with Crippen molar-refractivity contribution in [2.45, 2.75) is 58.0 Å². The molecule has 4 aromatic rings. The number of benzene rings is 2. The van der Waals surface area contributed by atoms with Crippen molar-refractivity contribution in [3.05, 3.63) is 101 Å². The van der Waals surface area contributed by atoms with Crippen molar-refractivity contribution in [1.29, 1.82) is 0 Å². The SMILES string of the molecule is C=C1CCC(N2Cc3cc(-c4cc(CN5CCCC5)c5ccn(CCOCc6ccccc6)c5n4)ccc3C2=O)C(=O)N1. The van der Waals surface area contributed by atoms with E-state index in [-0.39, 0.29) is 11.8 Å². The highest BCUT2D eigenvalue weighted by atomic mass is 16.5. The Bertz CT molecular complexity index is 1690. The summed E-state index contributed by atoms with van der Waals surface area (Å²) >= 11 is 0. The largest absolute Gasteiger partial charge is 0.375 e. The van der Waals surface area contributed by atoms with Crippen LogP contribution in [0.15, 0.2) is 79.1 Å². The van der Waals surface area contributed by atoms with E-state index in [1.54, 1.807) is 4.90 Å². The van der Waals surface area contributed by atoms with E-state index in [0.29, 0.717) is 50.4 Å². The van der Waals surface area contributed by atoms with Gasteiger partial charge in [-0.25, -0.2) is 4.98 Å². The fourth-order valence-electron chi connectivity index (χ4n) is 6.61. The van der Waals surface area contributed by atoms with Crippen LogP contribution in [0.25, 0.3) is 22.3 Å². The summed E-state index contributed by atoms with van der Waals surface area (Å²) in [5.41, 5.74) is 7.57. The smallest absolute Gasteiger partial charge is 0.255 e. The molecular weight excluding hydrogens is 538 g/mol. The number of nitrogens with one attached hydrogen (secondary N) is 1. The van der Waals surface area contributed by atoms with E-state index in [2.05, 4.69) is 57.9 Å². The number of allylic oxidation sites excluding steroid dienone is 1. The second-order valence-corrected chi connectivity index (χ2v) is 11.9. The maximum absolute atomic E-state index is 13.3. The van der Waals surface area contributed by atoms with Crippen molar-refractivity contribution in [2.75, 3.05) is 19.7 Å². The molecule has 2 aromatic carbocycles. The number of aromatic nitrogens is 2. The topological polar surface area (TPSA) is 79.7 Å². The highest BCUT2D eigenvalue weighted by Crippen LogP contribution is 2.33. The Morgan fingerprint density at radius 1 is 1.02 bits per heavy atom. The van der Waals surface area contributed by atoms with E-state index >= 15 is 0 Å². The summed E-state index contributed by atoms with van der Waals surface area (Å²) in [6.45, 7) is 9.30. The normalized spacial score (nSPS) is 18.9. The first-order valence-electron chi connectivity index (χ1n) is 15.3. The molecule has 1 N–H and O–H groups in total. The van der Waals surface area contributed by atoms with Crippen molar-refractivity contribution in [3.8, 4) is 11.3 Å². The Balaban J connectivity index is 1.16. The molecule has 5 heterocycles. The molecule has 7 rings (SSSR count). The number of hydrogen-bond acceptors (Lipinski definition) is 5. The molecule has 2 aromatic heterocycles. The minimum Gasteiger partial charge on any atom is -0.375 e. The Kier molecular flexibility index (Phi) is 7.55. The van der Waals surface area contributed by atoms with Crippen LogP contribution in [-0.2, 0) is 35.8 Å². The Hall–Kier alpha value is -4.27. The summed E-state index contributed by atoms with van der Waals surface area (Å²) in [6.07, 6.45) is 5.88. The van der Waals surface area contributed by atoms with Gasteiger partial charge in [-0.05, 0) is 79.7 Å². The summed E-state index contributed by atoms with van der Waals surface area (Å²) < 4.78 is 8.19. The predicted molar refractivity (Wildman–Crippen MR) is 166 cm³/mol. The molecular formula is C35H37N5O3. The third-order valence-corrected chi connectivity index (χ3v) is 8.93. The second kappa shape index (κ2) is 11.8. The summed E-state index contributed by atoms with van der Waals surface area (Å²) in [6, 6.07) is 20.1. The van der Waals surface area contributed by atoms with Gasteiger partial charge in [-0.2, -0.15) is 0 Å². The minimum absolute atomic E-state index is 0.0864. The van der Waals surface area contributed by atoms with Crippen LogP contribution < -0.4 is 5.32 Å². The van der Waals surface area contributed by atoms with E-state index in [4.69, 9.17) is 9.72 Å². The first-order chi connectivity index (χ1) is 21.0. The lowest BCUT2D eigenvalue weighted by molar-refractivity contribution is -0.126. The first kappa shape index (κ1) is 27.6. The number of rotatable bonds is 9. The molecule has 0 aliphatic carbocycles. The number of piperidine rings is 1. The van der Waals surface area contributed by atoms with Crippen molar-refractivity contribution < 1.29 is 14.3 Å². The molecule has 43 heavy (non-hydrogen) atoms. The molecule has 8 heteroatoms. The van der Waals surface area contributed by atoms with Crippen LogP contribution in [0.1, 0.15) is 52.7 Å². The highest BCUT2D eigenvalue weighted by molar-refractivity contribution is 6.02. The van der Waals surface area contributed by atoms with Gasteiger partial charge in [0.2, 0.25) is 5.91 Å². The van der Waals surface area contributed by atoms with E-state index in [0.717, 1.165) is 47.7 Å². The molecule has 3 aliphatic rings. The summed E-state index contributed by atoms with van der Waals surface area (Å²) in [4.78, 5) is 35.4. The number of likely N-dealkylation sites (tertiary alicyclic amines) is 1. The average Bonchev–Trinajstić information content (AvgIpc) is 3.75. The molecule has 1 atom stereocenters. The summed E-state index contributed by atoms with van der Waals surface area (Å²) in [7, 11) is 0. The monoisotopic (exact) mass is 575 g/mol. The molecule has 8 nitrogen and oxygen atoms in total. The van der Waals surface area contributed by atoms with Crippen molar-refractivity contribution >= 4 is 22.8 Å². The fraction of sp³-hybridized carbons (Fsp3) is 0.343. The molecule has 3 aliphatic heterocycles. The van der Waals surface area contributed by atoms with E-state index < -0.39 is 6.04 Å². The number of fused-ring (bicyclic) bond motifs is 2. The van der Waals surface area contributed by atoms with Crippen LogP contribution in [0.5, 0.6) is 0 Å². The standard InChI is InChI=1S/C35H37N5O3/c1-24-9-12-32(34(41)36-24)40-22-27-19-26(10-11-30(27)35(40)42)31-20-28(21-38-14-5-6-15-38)29-13-16-39(33(29)37-31)17-18-43-23-25-7-3-2-4-8-25/h2-4,7-8,10-11,13,16,19-20,32H,1,5-6,9,12,14-15,17-18,21-23H2,(H,36,41). The maximum Gasteiger partial charge on any atom is 0.255 e. The van der Waals surface area contributed by atoms with Gasteiger partial charge in [-0.1, -0.05) is 43.0 Å². The van der Waals surface area contributed by atoms with Crippen LogP contribution in [0.2, 0.25) is 0 Å². The lowest BCUT2D eigenvalue weighted by atomic mass is 10.0. The lowest BCUT2D eigenvalue weighted by Gasteiger charge is -2.30. The average molecular weight is 576 g/mol. The van der Waals surface area contributed by atoms with Crippen molar-refractivity contribution in [3.63, 3.8) is 0 Å². The molecule has 2 fully saturated rings. The molecule has 0 saturated carbocycles. The number of hydrogen-bond donors (Lipinski definition) is 1. The first-order valence-corrected chi connectivity index (χ1v) is 15.3. The minimum atomic E-state index is -0.470. The number of ether oxygens (including phenoxy) is 1. The number of amides is 2.